The van der Waals surface area contributed by atoms with Crippen LogP contribution in [0.4, 0.5) is 5.69 Å². The lowest BCUT2D eigenvalue weighted by Gasteiger charge is -2.22. The number of aromatic nitrogens is 1. The van der Waals surface area contributed by atoms with Crippen molar-refractivity contribution in [3.8, 4) is 0 Å². The van der Waals surface area contributed by atoms with Crippen molar-refractivity contribution in [3.63, 3.8) is 0 Å². The summed E-state index contributed by atoms with van der Waals surface area (Å²) in [4.78, 5) is 4.38. The number of rotatable bonds is 4. The van der Waals surface area contributed by atoms with Gasteiger partial charge in [-0.1, -0.05) is 39.0 Å². The van der Waals surface area contributed by atoms with Crippen LogP contribution in [-0.4, -0.2) is 11.0 Å². The van der Waals surface area contributed by atoms with E-state index in [1.165, 1.54) is 11.1 Å². The van der Waals surface area contributed by atoms with E-state index in [4.69, 9.17) is 0 Å². The van der Waals surface area contributed by atoms with E-state index in [9.17, 15) is 0 Å². The van der Waals surface area contributed by atoms with Crippen LogP contribution in [0, 0.1) is 5.92 Å². The molecule has 0 amide bonds. The number of nitrogens with one attached hydrogen (secondary N) is 1. The van der Waals surface area contributed by atoms with Gasteiger partial charge in [-0.25, -0.2) is 0 Å². The Hall–Kier alpha value is -1.57. The maximum absolute atomic E-state index is 4.38. The van der Waals surface area contributed by atoms with Gasteiger partial charge in [0.05, 0.1) is 5.52 Å². The quantitative estimate of drug-likeness (QED) is 0.852. The number of para-hydroxylation sites is 1. The summed E-state index contributed by atoms with van der Waals surface area (Å²) in [7, 11) is 0. The number of nitrogens with zero attached hydrogens (tertiary/aromatic N) is 1. The SMILES string of the molecule is CCC(Nc1ccnc2ccccc12)C(C)C. The molecule has 0 fully saturated rings. The van der Waals surface area contributed by atoms with Crippen molar-refractivity contribution in [2.24, 2.45) is 5.92 Å². The van der Waals surface area contributed by atoms with E-state index < -0.39 is 0 Å². The van der Waals surface area contributed by atoms with E-state index in [0.29, 0.717) is 12.0 Å². The molecule has 2 aromatic rings. The molecule has 1 atom stereocenters. The Balaban J connectivity index is 2.35. The zero-order valence-electron chi connectivity index (χ0n) is 10.8. The first kappa shape index (κ1) is 11.9. The molecule has 2 nitrogen and oxygen atoms in total. The Morgan fingerprint density at radius 3 is 2.65 bits per heavy atom. The Labute approximate surface area is 103 Å². The minimum atomic E-state index is 0.515. The van der Waals surface area contributed by atoms with Crippen LogP contribution in [-0.2, 0) is 0 Å². The Bertz CT molecular complexity index is 486. The van der Waals surface area contributed by atoms with Crippen molar-refractivity contribution >= 4 is 16.6 Å². The van der Waals surface area contributed by atoms with Gasteiger partial charge in [-0.05, 0) is 24.5 Å². The van der Waals surface area contributed by atoms with Gasteiger partial charge in [-0.15, -0.1) is 0 Å². The Morgan fingerprint density at radius 1 is 1.18 bits per heavy atom. The molecule has 1 aromatic heterocycles. The summed E-state index contributed by atoms with van der Waals surface area (Å²) in [6.07, 6.45) is 3.01. The summed E-state index contributed by atoms with van der Waals surface area (Å²) in [5, 5.41) is 4.83. The highest BCUT2D eigenvalue weighted by atomic mass is 14.9. The zero-order chi connectivity index (χ0) is 12.3. The molecule has 0 saturated carbocycles. The first-order valence-corrected chi connectivity index (χ1v) is 6.32. The number of hydrogen-bond donors (Lipinski definition) is 1. The van der Waals surface area contributed by atoms with Gasteiger partial charge in [-0.2, -0.15) is 0 Å². The van der Waals surface area contributed by atoms with Crippen LogP contribution in [0.1, 0.15) is 27.2 Å². The summed E-state index contributed by atoms with van der Waals surface area (Å²) >= 11 is 0. The second-order valence-electron chi connectivity index (χ2n) is 4.78. The third kappa shape index (κ3) is 2.57. The summed E-state index contributed by atoms with van der Waals surface area (Å²) in [5.41, 5.74) is 2.24. The van der Waals surface area contributed by atoms with Crippen LogP contribution >= 0.6 is 0 Å². The van der Waals surface area contributed by atoms with E-state index in [1.807, 2.05) is 12.3 Å². The van der Waals surface area contributed by atoms with E-state index in [0.717, 1.165) is 11.9 Å². The average molecular weight is 228 g/mol. The van der Waals surface area contributed by atoms with E-state index in [2.05, 4.69) is 55.3 Å². The molecular formula is C15H20N2. The summed E-state index contributed by atoms with van der Waals surface area (Å²) in [6.45, 7) is 6.73. The highest BCUT2D eigenvalue weighted by Gasteiger charge is 2.11. The van der Waals surface area contributed by atoms with Crippen molar-refractivity contribution in [3.05, 3.63) is 36.5 Å². The molecule has 0 aliphatic carbocycles. The molecule has 1 N–H and O–H groups in total. The van der Waals surface area contributed by atoms with Crippen molar-refractivity contribution in [1.29, 1.82) is 0 Å². The van der Waals surface area contributed by atoms with Gasteiger partial charge in [0.15, 0.2) is 0 Å². The lowest BCUT2D eigenvalue weighted by molar-refractivity contribution is 0.511. The van der Waals surface area contributed by atoms with Crippen LogP contribution < -0.4 is 5.32 Å². The van der Waals surface area contributed by atoms with Crippen LogP contribution in [0.3, 0.4) is 0 Å². The Kier molecular flexibility index (Phi) is 3.62. The topological polar surface area (TPSA) is 24.9 Å². The molecule has 1 aromatic carbocycles. The van der Waals surface area contributed by atoms with Gasteiger partial charge >= 0.3 is 0 Å². The van der Waals surface area contributed by atoms with E-state index in [1.54, 1.807) is 0 Å². The van der Waals surface area contributed by atoms with E-state index in [-0.39, 0.29) is 0 Å². The maximum atomic E-state index is 4.38. The smallest absolute Gasteiger partial charge is 0.0722 e. The van der Waals surface area contributed by atoms with Gasteiger partial charge in [0.25, 0.3) is 0 Å². The minimum absolute atomic E-state index is 0.515. The molecule has 2 rings (SSSR count). The number of hydrogen-bond acceptors (Lipinski definition) is 2. The standard InChI is InChI=1S/C15H20N2/c1-4-13(11(2)3)17-15-9-10-16-14-8-6-5-7-12(14)15/h5-11,13H,4H2,1-3H3,(H,16,17). The summed E-state index contributed by atoms with van der Waals surface area (Å²) in [6, 6.07) is 10.8. The van der Waals surface area contributed by atoms with Crippen LogP contribution in [0.5, 0.6) is 0 Å². The second kappa shape index (κ2) is 5.17. The number of fused-ring (bicyclic) bond motifs is 1. The molecule has 17 heavy (non-hydrogen) atoms. The third-order valence-electron chi connectivity index (χ3n) is 3.23. The van der Waals surface area contributed by atoms with Gasteiger partial charge in [0.1, 0.15) is 0 Å². The van der Waals surface area contributed by atoms with Crippen molar-refractivity contribution in [2.75, 3.05) is 5.32 Å². The van der Waals surface area contributed by atoms with Crippen molar-refractivity contribution in [2.45, 2.75) is 33.2 Å². The number of pyridine rings is 1. The van der Waals surface area contributed by atoms with Gasteiger partial charge in [0, 0.05) is 23.3 Å². The molecule has 0 aliphatic rings. The van der Waals surface area contributed by atoms with Gasteiger partial charge < -0.3 is 5.32 Å². The lowest BCUT2D eigenvalue weighted by atomic mass is 10.0. The molecule has 2 heteroatoms. The zero-order valence-corrected chi connectivity index (χ0v) is 10.8. The minimum Gasteiger partial charge on any atom is -0.381 e. The lowest BCUT2D eigenvalue weighted by Crippen LogP contribution is -2.24. The predicted molar refractivity (Wildman–Crippen MR) is 74.3 cm³/mol. The molecule has 0 bridgehead atoms. The van der Waals surface area contributed by atoms with Crippen LogP contribution in [0.2, 0.25) is 0 Å². The molecule has 90 valence electrons. The summed E-state index contributed by atoms with van der Waals surface area (Å²) in [5.74, 6) is 0.631. The van der Waals surface area contributed by atoms with Crippen molar-refractivity contribution in [1.82, 2.24) is 4.98 Å². The number of anilines is 1. The normalized spacial score (nSPS) is 12.9. The molecular weight excluding hydrogens is 208 g/mol. The largest absolute Gasteiger partial charge is 0.381 e. The first-order chi connectivity index (χ1) is 8.22. The van der Waals surface area contributed by atoms with Crippen LogP contribution in [0.15, 0.2) is 36.5 Å². The number of benzene rings is 1. The highest BCUT2D eigenvalue weighted by Crippen LogP contribution is 2.23. The van der Waals surface area contributed by atoms with Crippen molar-refractivity contribution < 1.29 is 0 Å². The first-order valence-electron chi connectivity index (χ1n) is 6.32. The fraction of sp³-hybridized carbons (Fsp3) is 0.400. The highest BCUT2D eigenvalue weighted by molar-refractivity contribution is 5.90. The second-order valence-corrected chi connectivity index (χ2v) is 4.78. The fourth-order valence-corrected chi connectivity index (χ4v) is 2.16. The van der Waals surface area contributed by atoms with Crippen LogP contribution in [0.25, 0.3) is 10.9 Å². The fourth-order valence-electron chi connectivity index (χ4n) is 2.16. The predicted octanol–water partition coefficient (Wildman–Crippen LogP) is 4.08. The third-order valence-corrected chi connectivity index (χ3v) is 3.23. The average Bonchev–Trinajstić information content (AvgIpc) is 2.35. The molecule has 1 unspecified atom stereocenters. The molecule has 0 aliphatic heterocycles. The molecule has 1 heterocycles. The van der Waals surface area contributed by atoms with Gasteiger partial charge in [-0.3, -0.25) is 4.98 Å². The molecule has 0 spiro atoms. The van der Waals surface area contributed by atoms with E-state index >= 15 is 0 Å². The monoisotopic (exact) mass is 228 g/mol. The molecule has 0 radical (unpaired) electrons. The van der Waals surface area contributed by atoms with Gasteiger partial charge in [0.2, 0.25) is 0 Å². The Morgan fingerprint density at radius 2 is 1.94 bits per heavy atom. The summed E-state index contributed by atoms with van der Waals surface area (Å²) < 4.78 is 0. The molecule has 0 saturated heterocycles. The maximum Gasteiger partial charge on any atom is 0.0722 e.